The van der Waals surface area contributed by atoms with Gasteiger partial charge in [0.1, 0.15) is 6.54 Å². The van der Waals surface area contributed by atoms with E-state index in [0.29, 0.717) is 51.3 Å². The molecule has 0 bridgehead atoms. The van der Waals surface area contributed by atoms with Crippen molar-refractivity contribution in [1.82, 2.24) is 14.5 Å². The molecule has 10 heteroatoms. The van der Waals surface area contributed by atoms with Crippen LogP contribution < -0.4 is 10.1 Å². The van der Waals surface area contributed by atoms with Crippen molar-refractivity contribution in [3.63, 3.8) is 0 Å². The van der Waals surface area contributed by atoms with Gasteiger partial charge in [-0.05, 0) is 69.1 Å². The van der Waals surface area contributed by atoms with Crippen LogP contribution in [0.2, 0.25) is 0 Å². The summed E-state index contributed by atoms with van der Waals surface area (Å²) in [6, 6.07) is 3.81. The number of unbranched alkanes of at least 4 members (excludes halogenated alkanes) is 1. The first-order chi connectivity index (χ1) is 15.8. The van der Waals surface area contributed by atoms with Crippen molar-refractivity contribution in [3.8, 4) is 5.75 Å². The summed E-state index contributed by atoms with van der Waals surface area (Å²) in [5, 5.41) is 1.76. The number of ether oxygens (including phenoxy) is 1. The number of sulfonamides is 1. The van der Waals surface area contributed by atoms with Gasteiger partial charge in [0, 0.05) is 19.1 Å². The van der Waals surface area contributed by atoms with Gasteiger partial charge in [0.05, 0.1) is 11.9 Å². The molecule has 1 unspecified atom stereocenters. The van der Waals surface area contributed by atoms with E-state index in [4.69, 9.17) is 4.74 Å². The molecule has 2 aliphatic heterocycles. The SMILES string of the molecule is C[C@H](c1ccc(F)c(OCC2CC2)c1)N1CCCC(CCCCN2CC(=O)NC2=O)S1(=O)=O. The van der Waals surface area contributed by atoms with Gasteiger partial charge in [0.2, 0.25) is 15.9 Å². The van der Waals surface area contributed by atoms with Crippen LogP contribution in [0.3, 0.4) is 0 Å². The van der Waals surface area contributed by atoms with Gasteiger partial charge in [0.25, 0.3) is 0 Å². The van der Waals surface area contributed by atoms with E-state index >= 15 is 0 Å². The first kappa shape index (κ1) is 23.9. The van der Waals surface area contributed by atoms with Crippen LogP contribution in [0.25, 0.3) is 0 Å². The Labute approximate surface area is 194 Å². The zero-order chi connectivity index (χ0) is 23.6. The number of imide groups is 1. The van der Waals surface area contributed by atoms with Crippen molar-refractivity contribution in [1.29, 1.82) is 0 Å². The van der Waals surface area contributed by atoms with Crippen molar-refractivity contribution in [3.05, 3.63) is 29.6 Å². The lowest BCUT2D eigenvalue weighted by Gasteiger charge is -2.36. The topological polar surface area (TPSA) is 96.0 Å². The predicted molar refractivity (Wildman–Crippen MR) is 121 cm³/mol. The third-order valence-electron chi connectivity index (χ3n) is 6.77. The number of carbonyl (C=O) groups excluding carboxylic acids is 2. The molecule has 3 amide bonds. The lowest BCUT2D eigenvalue weighted by molar-refractivity contribution is -0.118. The highest BCUT2D eigenvalue weighted by Gasteiger charge is 2.38. The van der Waals surface area contributed by atoms with Gasteiger partial charge in [-0.2, -0.15) is 4.31 Å². The predicted octanol–water partition coefficient (Wildman–Crippen LogP) is 3.19. The molecule has 2 atom stereocenters. The maximum Gasteiger partial charge on any atom is 0.324 e. The molecule has 0 aromatic heterocycles. The van der Waals surface area contributed by atoms with Crippen molar-refractivity contribution in [2.75, 3.05) is 26.2 Å². The van der Waals surface area contributed by atoms with E-state index in [0.717, 1.165) is 24.8 Å². The van der Waals surface area contributed by atoms with Gasteiger partial charge < -0.3 is 9.64 Å². The second kappa shape index (κ2) is 9.97. The molecule has 3 aliphatic rings. The van der Waals surface area contributed by atoms with E-state index in [1.807, 2.05) is 6.92 Å². The van der Waals surface area contributed by atoms with Crippen molar-refractivity contribution in [2.45, 2.75) is 63.2 Å². The highest BCUT2D eigenvalue weighted by Crippen LogP contribution is 2.35. The lowest BCUT2D eigenvalue weighted by atomic mass is 10.1. The Morgan fingerprint density at radius 2 is 2.00 bits per heavy atom. The normalized spacial score (nSPS) is 24.1. The first-order valence-corrected chi connectivity index (χ1v) is 13.3. The Balaban J connectivity index is 1.35. The van der Waals surface area contributed by atoms with Crippen LogP contribution in [-0.4, -0.2) is 61.1 Å². The van der Waals surface area contributed by atoms with E-state index in [2.05, 4.69) is 5.32 Å². The van der Waals surface area contributed by atoms with Crippen LogP contribution in [0.5, 0.6) is 5.75 Å². The molecular weight excluding hydrogens is 449 g/mol. The highest BCUT2D eigenvalue weighted by atomic mass is 32.2. The van der Waals surface area contributed by atoms with E-state index in [1.54, 1.807) is 12.1 Å². The quantitative estimate of drug-likeness (QED) is 0.409. The number of rotatable bonds is 10. The van der Waals surface area contributed by atoms with Crippen molar-refractivity contribution >= 4 is 22.0 Å². The number of nitrogens with zero attached hydrogens (tertiary/aromatic N) is 2. The first-order valence-electron chi connectivity index (χ1n) is 11.8. The van der Waals surface area contributed by atoms with Crippen LogP contribution in [0.4, 0.5) is 9.18 Å². The monoisotopic (exact) mass is 481 g/mol. The third-order valence-corrected chi connectivity index (χ3v) is 9.23. The number of amides is 3. The molecule has 1 aromatic carbocycles. The smallest absolute Gasteiger partial charge is 0.324 e. The maximum absolute atomic E-state index is 14.2. The number of carbonyl (C=O) groups is 2. The molecule has 1 N–H and O–H groups in total. The zero-order valence-electron chi connectivity index (χ0n) is 19.0. The van der Waals surface area contributed by atoms with E-state index in [1.165, 1.54) is 15.3 Å². The molecule has 1 aromatic rings. The summed E-state index contributed by atoms with van der Waals surface area (Å²) >= 11 is 0. The fourth-order valence-corrected chi connectivity index (χ4v) is 6.79. The van der Waals surface area contributed by atoms with Gasteiger partial charge in [-0.15, -0.1) is 0 Å². The van der Waals surface area contributed by atoms with E-state index in [9.17, 15) is 22.4 Å². The second-order valence-corrected chi connectivity index (χ2v) is 11.5. The van der Waals surface area contributed by atoms with Crippen LogP contribution in [0.15, 0.2) is 18.2 Å². The van der Waals surface area contributed by atoms with Crippen molar-refractivity contribution in [2.24, 2.45) is 5.92 Å². The van der Waals surface area contributed by atoms with Gasteiger partial charge in [0.15, 0.2) is 11.6 Å². The fourth-order valence-electron chi connectivity index (χ4n) is 4.54. The third kappa shape index (κ3) is 5.66. The van der Waals surface area contributed by atoms with Gasteiger partial charge in [-0.3, -0.25) is 10.1 Å². The minimum absolute atomic E-state index is 0.0654. The van der Waals surface area contributed by atoms with E-state index < -0.39 is 27.1 Å². The summed E-state index contributed by atoms with van der Waals surface area (Å²) in [6.07, 6.45) is 5.38. The maximum atomic E-state index is 14.2. The molecule has 0 radical (unpaired) electrons. The molecule has 182 valence electrons. The Morgan fingerprint density at radius 1 is 1.21 bits per heavy atom. The lowest BCUT2D eigenvalue weighted by Crippen LogP contribution is -2.45. The molecular formula is C23H32FN3O5S. The zero-order valence-corrected chi connectivity index (χ0v) is 19.8. The minimum Gasteiger partial charge on any atom is -0.490 e. The van der Waals surface area contributed by atoms with Gasteiger partial charge in [-0.25, -0.2) is 17.6 Å². The summed E-state index contributed by atoms with van der Waals surface area (Å²) < 4.78 is 48.1. The molecule has 4 rings (SSSR count). The molecule has 2 saturated heterocycles. The van der Waals surface area contributed by atoms with Crippen LogP contribution in [0.1, 0.15) is 63.5 Å². The fraction of sp³-hybridized carbons (Fsp3) is 0.652. The molecule has 33 heavy (non-hydrogen) atoms. The molecule has 1 saturated carbocycles. The summed E-state index contributed by atoms with van der Waals surface area (Å²) in [5.74, 6) is -0.0589. The number of hydrogen-bond acceptors (Lipinski definition) is 5. The summed E-state index contributed by atoms with van der Waals surface area (Å²) in [4.78, 5) is 24.3. The average Bonchev–Trinajstić information content (AvgIpc) is 3.54. The Morgan fingerprint density at radius 3 is 2.70 bits per heavy atom. The standard InChI is InChI=1S/C23H32FN3O5S/c1-16(18-9-10-20(24)21(13-18)32-15-17-7-8-17)27-12-4-6-19(33(27,30)31)5-2-3-11-26-14-22(28)25-23(26)29/h9-10,13,16-17,19H,2-8,11-12,14-15H2,1H3,(H,25,28,29)/t16-,19?/m1/s1. The molecule has 1 aliphatic carbocycles. The number of urea groups is 1. The Bertz CT molecular complexity index is 998. The van der Waals surface area contributed by atoms with E-state index in [-0.39, 0.29) is 24.2 Å². The summed E-state index contributed by atoms with van der Waals surface area (Å²) in [6.45, 7) is 3.26. The molecule has 0 spiro atoms. The largest absolute Gasteiger partial charge is 0.490 e. The number of halogens is 1. The molecule has 2 heterocycles. The molecule has 3 fully saturated rings. The van der Waals surface area contributed by atoms with Gasteiger partial charge in [-0.1, -0.05) is 12.5 Å². The summed E-state index contributed by atoms with van der Waals surface area (Å²) in [5.41, 5.74) is 0.719. The number of benzene rings is 1. The van der Waals surface area contributed by atoms with Crippen LogP contribution >= 0.6 is 0 Å². The average molecular weight is 482 g/mol. The van der Waals surface area contributed by atoms with Crippen LogP contribution in [0, 0.1) is 11.7 Å². The van der Waals surface area contributed by atoms with Crippen molar-refractivity contribution < 1.29 is 27.1 Å². The van der Waals surface area contributed by atoms with Gasteiger partial charge >= 0.3 is 6.03 Å². The molecule has 8 nitrogen and oxygen atoms in total. The Kier molecular flexibility index (Phi) is 7.23. The summed E-state index contributed by atoms with van der Waals surface area (Å²) in [7, 11) is -3.52. The van der Waals surface area contributed by atoms with Crippen LogP contribution in [-0.2, 0) is 14.8 Å². The number of hydrogen-bond donors (Lipinski definition) is 1. The highest BCUT2D eigenvalue weighted by molar-refractivity contribution is 7.89. The number of nitrogens with one attached hydrogen (secondary N) is 1. The second-order valence-electron chi connectivity index (χ2n) is 9.31. The minimum atomic E-state index is -3.52. The Hall–Kier alpha value is -2.20.